The average Bonchev–Trinajstić information content (AvgIpc) is 2.28. The average molecular weight is 283 g/mol. The molecule has 0 spiro atoms. The number of nitrogens with zero attached hydrogens (tertiary/aromatic N) is 1. The highest BCUT2D eigenvalue weighted by Gasteiger charge is 2.14. The first kappa shape index (κ1) is 18.3. The van der Waals surface area contributed by atoms with Gasteiger partial charge in [-0.05, 0) is 18.1 Å². The van der Waals surface area contributed by atoms with E-state index < -0.39 is 12.0 Å². The monoisotopic (exact) mass is 282 g/mol. The Bertz CT molecular complexity index is 350. The fourth-order valence-corrected chi connectivity index (χ4v) is 1.18. The van der Waals surface area contributed by atoms with Crippen LogP contribution in [-0.4, -0.2) is 31.2 Å². The van der Waals surface area contributed by atoms with Crippen molar-refractivity contribution in [1.82, 2.24) is 4.98 Å². The molecule has 98 valence electrons. The third-order valence-corrected chi connectivity index (χ3v) is 1.97. The summed E-state index contributed by atoms with van der Waals surface area (Å²) in [5.74, 6) is 0.211. The van der Waals surface area contributed by atoms with E-state index in [4.69, 9.17) is 10.5 Å². The smallest absolute Gasteiger partial charge is 0.322 e. The number of rotatable bonds is 4. The van der Waals surface area contributed by atoms with Crippen molar-refractivity contribution in [2.75, 3.05) is 14.2 Å². The predicted molar refractivity (Wildman–Crippen MR) is 69.0 cm³/mol. The van der Waals surface area contributed by atoms with E-state index in [2.05, 4.69) is 9.72 Å². The zero-order chi connectivity index (χ0) is 11.3. The third kappa shape index (κ3) is 5.72. The lowest BCUT2D eigenvalue weighted by molar-refractivity contribution is -0.142. The number of carbonyl (C=O) groups excluding carboxylic acids is 1. The number of ether oxygens (including phenoxy) is 2. The number of esters is 1. The van der Waals surface area contributed by atoms with Gasteiger partial charge in [0, 0.05) is 6.20 Å². The van der Waals surface area contributed by atoms with Gasteiger partial charge in [0.15, 0.2) is 0 Å². The van der Waals surface area contributed by atoms with E-state index in [1.54, 1.807) is 25.6 Å². The molecule has 0 fully saturated rings. The molecule has 0 saturated heterocycles. The quantitative estimate of drug-likeness (QED) is 0.834. The van der Waals surface area contributed by atoms with E-state index in [9.17, 15) is 4.79 Å². The third-order valence-electron chi connectivity index (χ3n) is 1.97. The van der Waals surface area contributed by atoms with Crippen LogP contribution in [-0.2, 0) is 16.0 Å². The van der Waals surface area contributed by atoms with E-state index in [0.29, 0.717) is 12.2 Å². The highest BCUT2D eigenvalue weighted by molar-refractivity contribution is 5.85. The van der Waals surface area contributed by atoms with Crippen LogP contribution in [0.3, 0.4) is 0 Å². The number of aromatic nitrogens is 1. The molecular weight excluding hydrogens is 267 g/mol. The van der Waals surface area contributed by atoms with Gasteiger partial charge in [0.25, 0.3) is 0 Å². The van der Waals surface area contributed by atoms with Crippen molar-refractivity contribution in [2.24, 2.45) is 5.73 Å². The molecule has 1 heterocycles. The van der Waals surface area contributed by atoms with Gasteiger partial charge >= 0.3 is 5.97 Å². The van der Waals surface area contributed by atoms with Gasteiger partial charge in [-0.3, -0.25) is 9.78 Å². The molecule has 0 amide bonds. The molecule has 5 nitrogen and oxygen atoms in total. The summed E-state index contributed by atoms with van der Waals surface area (Å²) >= 11 is 0. The van der Waals surface area contributed by atoms with Crippen LogP contribution in [0, 0.1) is 0 Å². The van der Waals surface area contributed by atoms with Crippen LogP contribution in [0.5, 0.6) is 5.75 Å². The van der Waals surface area contributed by atoms with Crippen molar-refractivity contribution < 1.29 is 14.3 Å². The van der Waals surface area contributed by atoms with Crippen LogP contribution >= 0.6 is 24.8 Å². The number of halogens is 2. The van der Waals surface area contributed by atoms with Crippen molar-refractivity contribution >= 4 is 30.8 Å². The van der Waals surface area contributed by atoms with E-state index in [1.807, 2.05) is 0 Å². The lowest BCUT2D eigenvalue weighted by Gasteiger charge is -2.09. The summed E-state index contributed by atoms with van der Waals surface area (Å²) in [7, 11) is 2.87. The van der Waals surface area contributed by atoms with Crippen LogP contribution in [0.2, 0.25) is 0 Å². The van der Waals surface area contributed by atoms with Gasteiger partial charge in [-0.1, -0.05) is 0 Å². The number of methoxy groups -OCH3 is 2. The molecule has 7 heteroatoms. The van der Waals surface area contributed by atoms with Gasteiger partial charge in [-0.25, -0.2) is 0 Å². The summed E-state index contributed by atoms with van der Waals surface area (Å²) in [6.07, 6.45) is 3.62. The minimum Gasteiger partial charge on any atom is -0.495 e. The van der Waals surface area contributed by atoms with Gasteiger partial charge in [-0.2, -0.15) is 0 Å². The SMILES string of the molecule is COC(=O)C(N)Cc1cncc(OC)c1.Cl.Cl. The highest BCUT2D eigenvalue weighted by atomic mass is 35.5. The summed E-state index contributed by atoms with van der Waals surface area (Å²) in [5.41, 5.74) is 6.45. The Morgan fingerprint density at radius 2 is 2.06 bits per heavy atom. The van der Waals surface area contributed by atoms with Crippen LogP contribution in [0.4, 0.5) is 0 Å². The van der Waals surface area contributed by atoms with Crippen LogP contribution in [0.1, 0.15) is 5.56 Å². The number of pyridine rings is 1. The second kappa shape index (κ2) is 9.04. The Balaban J connectivity index is 0. The normalized spacial score (nSPS) is 10.5. The minimum atomic E-state index is -0.663. The maximum absolute atomic E-state index is 11.1. The molecule has 1 aromatic heterocycles. The highest BCUT2D eigenvalue weighted by Crippen LogP contribution is 2.11. The van der Waals surface area contributed by atoms with Gasteiger partial charge in [0.2, 0.25) is 0 Å². The van der Waals surface area contributed by atoms with Gasteiger partial charge in [-0.15, -0.1) is 24.8 Å². The van der Waals surface area contributed by atoms with Crippen molar-refractivity contribution in [3.63, 3.8) is 0 Å². The van der Waals surface area contributed by atoms with Crippen molar-refractivity contribution in [3.05, 3.63) is 24.0 Å². The molecule has 0 saturated carbocycles. The Morgan fingerprint density at radius 1 is 1.41 bits per heavy atom. The molecule has 0 bridgehead atoms. The first-order valence-corrected chi connectivity index (χ1v) is 4.48. The number of hydrogen-bond acceptors (Lipinski definition) is 5. The molecule has 0 radical (unpaired) electrons. The first-order chi connectivity index (χ1) is 7.17. The molecule has 0 aliphatic carbocycles. The second-order valence-electron chi connectivity index (χ2n) is 3.07. The van der Waals surface area contributed by atoms with E-state index in [0.717, 1.165) is 5.56 Å². The molecule has 0 aromatic carbocycles. The fourth-order valence-electron chi connectivity index (χ4n) is 1.18. The molecule has 1 aromatic rings. The van der Waals surface area contributed by atoms with Gasteiger partial charge in [0.05, 0.1) is 20.4 Å². The maximum Gasteiger partial charge on any atom is 0.322 e. The largest absolute Gasteiger partial charge is 0.495 e. The van der Waals surface area contributed by atoms with Crippen molar-refractivity contribution in [2.45, 2.75) is 12.5 Å². The Hall–Kier alpha value is -1.04. The van der Waals surface area contributed by atoms with Crippen LogP contribution in [0.25, 0.3) is 0 Å². The Labute approximate surface area is 113 Å². The van der Waals surface area contributed by atoms with E-state index in [-0.39, 0.29) is 24.8 Å². The van der Waals surface area contributed by atoms with E-state index >= 15 is 0 Å². The number of hydrogen-bond donors (Lipinski definition) is 1. The van der Waals surface area contributed by atoms with Crippen molar-refractivity contribution in [3.8, 4) is 5.75 Å². The van der Waals surface area contributed by atoms with Crippen molar-refractivity contribution in [1.29, 1.82) is 0 Å². The molecule has 17 heavy (non-hydrogen) atoms. The summed E-state index contributed by atoms with van der Waals surface area (Å²) in [6, 6.07) is 1.12. The number of nitrogens with two attached hydrogens (primary N) is 1. The van der Waals surface area contributed by atoms with E-state index in [1.165, 1.54) is 7.11 Å². The molecule has 1 unspecified atom stereocenters. The lowest BCUT2D eigenvalue weighted by atomic mass is 10.1. The lowest BCUT2D eigenvalue weighted by Crippen LogP contribution is -2.33. The fraction of sp³-hybridized carbons (Fsp3) is 0.400. The zero-order valence-corrected chi connectivity index (χ0v) is 11.2. The second-order valence-corrected chi connectivity index (χ2v) is 3.07. The summed E-state index contributed by atoms with van der Waals surface area (Å²) in [5, 5.41) is 0. The molecule has 2 N–H and O–H groups in total. The summed E-state index contributed by atoms with van der Waals surface area (Å²) < 4.78 is 9.53. The topological polar surface area (TPSA) is 74.4 Å². The van der Waals surface area contributed by atoms with Crippen LogP contribution in [0.15, 0.2) is 18.5 Å². The summed E-state index contributed by atoms with van der Waals surface area (Å²) in [6.45, 7) is 0. The number of carbonyl (C=O) groups is 1. The minimum absolute atomic E-state index is 0. The molecule has 0 aliphatic rings. The van der Waals surface area contributed by atoms with Gasteiger partial charge < -0.3 is 15.2 Å². The van der Waals surface area contributed by atoms with Gasteiger partial charge in [0.1, 0.15) is 11.8 Å². The zero-order valence-electron chi connectivity index (χ0n) is 9.58. The molecular formula is C10H16Cl2N2O3. The molecule has 1 atom stereocenters. The van der Waals surface area contributed by atoms with Crippen LogP contribution < -0.4 is 10.5 Å². The molecule has 0 aliphatic heterocycles. The standard InChI is InChI=1S/C10H14N2O3.2ClH/c1-14-8-3-7(5-12-6-8)4-9(11)10(13)15-2;;/h3,5-6,9H,4,11H2,1-2H3;2*1H. The predicted octanol–water partition coefficient (Wildman–Crippen LogP) is 0.977. The molecule has 1 rings (SSSR count). The maximum atomic E-state index is 11.1. The Morgan fingerprint density at radius 3 is 2.59 bits per heavy atom. The summed E-state index contributed by atoms with van der Waals surface area (Å²) in [4.78, 5) is 15.0. The first-order valence-electron chi connectivity index (χ1n) is 4.48. The Kier molecular flexibility index (Phi) is 9.74.